The maximum Gasteiger partial charge on any atom is 0.318 e. The van der Waals surface area contributed by atoms with Gasteiger partial charge in [0.25, 0.3) is 11.3 Å². The van der Waals surface area contributed by atoms with E-state index >= 15 is 0 Å². The van der Waals surface area contributed by atoms with Crippen molar-refractivity contribution in [3.05, 3.63) is 133 Å². The van der Waals surface area contributed by atoms with Crippen LogP contribution in [0.3, 0.4) is 0 Å². The smallest absolute Gasteiger partial charge is 0.318 e. The molecule has 12 heteroatoms. The maximum atomic E-state index is 13.8. The second-order valence-corrected chi connectivity index (χ2v) is 10.5. The summed E-state index contributed by atoms with van der Waals surface area (Å²) in [7, 11) is 0. The van der Waals surface area contributed by atoms with E-state index in [-0.39, 0.29) is 15.7 Å². The van der Waals surface area contributed by atoms with Crippen LogP contribution in [-0.2, 0) is 6.42 Å². The van der Waals surface area contributed by atoms with Crippen molar-refractivity contribution in [2.75, 3.05) is 0 Å². The molecule has 0 radical (unpaired) electrons. The number of fused-ring (bicyclic) bond motifs is 3. The van der Waals surface area contributed by atoms with Crippen molar-refractivity contribution in [3.8, 4) is 5.75 Å². The first-order valence-corrected chi connectivity index (χ1v) is 13.0. The van der Waals surface area contributed by atoms with Crippen LogP contribution in [-0.4, -0.2) is 19.5 Å². The third-order valence-corrected chi connectivity index (χ3v) is 8.08. The highest BCUT2D eigenvalue weighted by Gasteiger charge is 2.33. The zero-order valence-electron chi connectivity index (χ0n) is 19.9. The lowest BCUT2D eigenvalue weighted by Crippen LogP contribution is -2.38. The number of rotatable bonds is 4. The average molecular weight is 561 g/mol. The van der Waals surface area contributed by atoms with Gasteiger partial charge in [-0.25, -0.2) is 4.99 Å². The second-order valence-electron chi connectivity index (χ2n) is 9.09. The lowest BCUT2D eigenvalue weighted by molar-refractivity contribution is -0.396. The summed E-state index contributed by atoms with van der Waals surface area (Å²) >= 11 is 7.23. The first kappa shape index (κ1) is 24.7. The Balaban J connectivity index is 1.61. The van der Waals surface area contributed by atoms with E-state index in [1.54, 1.807) is 16.7 Å². The molecule has 6 rings (SSSR count). The molecule has 0 saturated carbocycles. The van der Waals surface area contributed by atoms with E-state index in [0.29, 0.717) is 16.2 Å². The van der Waals surface area contributed by atoms with E-state index in [1.165, 1.54) is 6.08 Å². The van der Waals surface area contributed by atoms with E-state index in [4.69, 9.17) is 16.6 Å². The number of hydrogen-bond donors (Lipinski definition) is 1. The van der Waals surface area contributed by atoms with Crippen molar-refractivity contribution in [2.45, 2.75) is 18.9 Å². The molecule has 1 aliphatic carbocycles. The summed E-state index contributed by atoms with van der Waals surface area (Å²) in [5, 5.41) is 33.4. The number of aromatic nitrogens is 1. The Kier molecular flexibility index (Phi) is 5.89. The van der Waals surface area contributed by atoms with E-state index in [1.807, 2.05) is 30.3 Å². The number of aryl methyl sites for hydroxylation is 1. The fourth-order valence-corrected chi connectivity index (χ4v) is 6.23. The number of phenols is 1. The van der Waals surface area contributed by atoms with Gasteiger partial charge in [0.2, 0.25) is 0 Å². The van der Waals surface area contributed by atoms with Gasteiger partial charge in [0.1, 0.15) is 0 Å². The molecule has 1 atom stereocenters. The van der Waals surface area contributed by atoms with Crippen LogP contribution in [0.1, 0.15) is 34.7 Å². The highest BCUT2D eigenvalue weighted by molar-refractivity contribution is 7.07. The third kappa shape index (κ3) is 4.12. The van der Waals surface area contributed by atoms with Gasteiger partial charge in [-0.15, -0.1) is 0 Å². The maximum absolute atomic E-state index is 13.8. The van der Waals surface area contributed by atoms with Gasteiger partial charge in [-0.2, -0.15) is 0 Å². The molecule has 1 N–H and O–H groups in total. The van der Waals surface area contributed by atoms with Gasteiger partial charge in [-0.3, -0.25) is 29.6 Å². The van der Waals surface area contributed by atoms with Crippen molar-refractivity contribution in [2.24, 2.45) is 4.99 Å². The molecule has 0 saturated heterocycles. The monoisotopic (exact) mass is 560 g/mol. The summed E-state index contributed by atoms with van der Waals surface area (Å²) in [6.45, 7) is 0. The van der Waals surface area contributed by atoms with Crippen molar-refractivity contribution >= 4 is 46.1 Å². The van der Waals surface area contributed by atoms with Gasteiger partial charge >= 0.3 is 11.4 Å². The van der Waals surface area contributed by atoms with Gasteiger partial charge in [-0.05, 0) is 53.3 Å². The molecular formula is C27H17ClN4O6S. The van der Waals surface area contributed by atoms with Crippen molar-refractivity contribution in [1.29, 1.82) is 0 Å². The Bertz CT molecular complexity index is 1890. The molecule has 0 amide bonds. The number of allylic oxidation sites excluding steroid dienone is 1. The standard InChI is InChI=1S/C27H17ClN4O6S/c28-17-8-5-16(6-9-17)24-19-10-7-15-3-1-2-4-18(15)23(19)29-27-30(24)26(34)22(39-27)13-14-11-20(31(35)36)25(33)21(12-14)32(37)38/h1-6,8-9,11-13,24,33H,7,10H2/b22-13-/t24-/m1/s1. The normalized spacial score (nSPS) is 16.2. The predicted molar refractivity (Wildman–Crippen MR) is 146 cm³/mol. The molecule has 3 aromatic carbocycles. The van der Waals surface area contributed by atoms with E-state index < -0.39 is 33.0 Å². The first-order chi connectivity index (χ1) is 18.7. The van der Waals surface area contributed by atoms with Gasteiger partial charge in [0.15, 0.2) is 4.80 Å². The summed E-state index contributed by atoms with van der Waals surface area (Å²) in [5.41, 5.74) is 2.81. The number of nitro benzene ring substituents is 2. The number of nitro groups is 2. The molecular weight excluding hydrogens is 544 g/mol. The topological polar surface area (TPSA) is 141 Å². The molecule has 2 heterocycles. The number of thiazole rings is 1. The van der Waals surface area contributed by atoms with Crippen LogP contribution in [0.15, 0.2) is 76.0 Å². The van der Waals surface area contributed by atoms with Gasteiger partial charge < -0.3 is 5.11 Å². The summed E-state index contributed by atoms with van der Waals surface area (Å²) in [6.07, 6.45) is 2.84. The molecule has 2 aliphatic rings. The van der Waals surface area contributed by atoms with Crippen LogP contribution in [0, 0.1) is 20.2 Å². The number of nitrogens with zero attached hydrogens (tertiary/aromatic N) is 4. The molecule has 1 aliphatic heterocycles. The zero-order chi connectivity index (χ0) is 27.4. The zero-order valence-corrected chi connectivity index (χ0v) is 21.5. The van der Waals surface area contributed by atoms with Crippen LogP contribution in [0.2, 0.25) is 5.02 Å². The molecule has 194 valence electrons. The van der Waals surface area contributed by atoms with Crippen molar-refractivity contribution in [1.82, 2.24) is 4.57 Å². The Labute approximate surface area is 228 Å². The number of halogens is 1. The van der Waals surface area contributed by atoms with Gasteiger partial charge in [0, 0.05) is 22.7 Å². The van der Waals surface area contributed by atoms with Crippen LogP contribution in [0.5, 0.6) is 5.75 Å². The minimum atomic E-state index is -1.04. The lowest BCUT2D eigenvalue weighted by Gasteiger charge is -2.30. The largest absolute Gasteiger partial charge is 0.497 e. The number of phenolic OH excluding ortho intramolecular Hbond substituents is 1. The van der Waals surface area contributed by atoms with E-state index in [2.05, 4.69) is 6.07 Å². The molecule has 10 nitrogen and oxygen atoms in total. The molecule has 39 heavy (non-hydrogen) atoms. The summed E-state index contributed by atoms with van der Waals surface area (Å²) in [6, 6.07) is 16.8. The predicted octanol–water partition coefficient (Wildman–Crippen LogP) is 4.49. The number of aromatic hydroxyl groups is 1. The quantitative estimate of drug-likeness (QED) is 0.288. The molecule has 0 bridgehead atoms. The van der Waals surface area contributed by atoms with E-state index in [0.717, 1.165) is 57.9 Å². The second kappa shape index (κ2) is 9.29. The first-order valence-electron chi connectivity index (χ1n) is 11.8. The molecule has 4 aromatic rings. The molecule has 0 spiro atoms. The summed E-state index contributed by atoms with van der Waals surface area (Å²) in [4.78, 5) is 40.1. The minimum absolute atomic E-state index is 0.0357. The Morgan fingerprint density at radius 1 is 1.03 bits per heavy atom. The lowest BCUT2D eigenvalue weighted by atomic mass is 9.83. The Morgan fingerprint density at radius 3 is 2.36 bits per heavy atom. The summed E-state index contributed by atoms with van der Waals surface area (Å²) < 4.78 is 1.78. The molecule has 0 unspecified atom stereocenters. The third-order valence-electron chi connectivity index (χ3n) is 6.84. The molecule has 0 fully saturated rings. The Hall–Kier alpha value is -4.61. The summed E-state index contributed by atoms with van der Waals surface area (Å²) in [5.74, 6) is -1.04. The van der Waals surface area contributed by atoms with Crippen molar-refractivity contribution in [3.63, 3.8) is 0 Å². The highest BCUT2D eigenvalue weighted by atomic mass is 35.5. The van der Waals surface area contributed by atoms with E-state index in [9.17, 15) is 30.1 Å². The molecule has 1 aromatic heterocycles. The average Bonchev–Trinajstić information content (AvgIpc) is 3.22. The fourth-order valence-electron chi connectivity index (χ4n) is 5.11. The number of benzene rings is 3. The fraction of sp³-hybridized carbons (Fsp3) is 0.111. The SMILES string of the molecule is O=c1/c(=C/c2cc([N+](=O)[O-])c(O)c([N+](=O)[O-])c2)sc2n1[C@H](c1ccc(Cl)cc1)C1=C(N=2)c2ccccc2CC1. The van der Waals surface area contributed by atoms with Gasteiger partial charge in [-0.1, -0.05) is 59.3 Å². The minimum Gasteiger partial charge on any atom is -0.497 e. The van der Waals surface area contributed by atoms with Gasteiger partial charge in [0.05, 0.1) is 26.1 Å². The van der Waals surface area contributed by atoms with Crippen LogP contribution < -0.4 is 14.9 Å². The van der Waals surface area contributed by atoms with Crippen LogP contribution >= 0.6 is 22.9 Å². The highest BCUT2D eigenvalue weighted by Crippen LogP contribution is 2.41. The van der Waals surface area contributed by atoms with Crippen LogP contribution in [0.4, 0.5) is 11.4 Å². The number of hydrogen-bond acceptors (Lipinski definition) is 8. The van der Waals surface area contributed by atoms with Crippen molar-refractivity contribution < 1.29 is 15.0 Å². The Morgan fingerprint density at radius 2 is 1.69 bits per heavy atom. The van der Waals surface area contributed by atoms with Crippen LogP contribution in [0.25, 0.3) is 11.8 Å².